The van der Waals surface area contributed by atoms with Crippen LogP contribution in [0, 0.1) is 62.0 Å². The number of rotatable bonds is 2. The molecule has 4 rings (SSSR count). The maximum Gasteiger partial charge on any atom is 0.244 e. The second-order valence-corrected chi connectivity index (χ2v) is 7.19. The van der Waals surface area contributed by atoms with Crippen molar-refractivity contribution in [2.75, 3.05) is 0 Å². The highest BCUT2D eigenvalue weighted by Gasteiger charge is 2.79. The molecule has 2 aromatic carbocycles. The van der Waals surface area contributed by atoms with Gasteiger partial charge in [-0.25, -0.2) is 4.39 Å². The van der Waals surface area contributed by atoms with Crippen LogP contribution in [0.3, 0.4) is 0 Å². The molecule has 142 valence electrons. The maximum absolute atomic E-state index is 14.0. The Morgan fingerprint density at radius 3 is 2.28 bits per heavy atom. The van der Waals surface area contributed by atoms with E-state index in [2.05, 4.69) is 0 Å². The number of nitrogens with one attached hydrogen (secondary N) is 1. The molecule has 0 spiro atoms. The highest BCUT2D eigenvalue weighted by atomic mass is 19.1. The first-order valence-corrected chi connectivity index (χ1v) is 8.92. The van der Waals surface area contributed by atoms with Gasteiger partial charge in [-0.3, -0.25) is 5.41 Å². The van der Waals surface area contributed by atoms with E-state index in [1.54, 1.807) is 37.3 Å². The van der Waals surface area contributed by atoms with Gasteiger partial charge in [0.1, 0.15) is 11.9 Å². The summed E-state index contributed by atoms with van der Waals surface area (Å²) >= 11 is 0. The van der Waals surface area contributed by atoms with Crippen LogP contribution in [0.2, 0.25) is 0 Å². The molecule has 4 unspecified atom stereocenters. The van der Waals surface area contributed by atoms with Gasteiger partial charge in [-0.1, -0.05) is 49.4 Å². The molecule has 1 N–H and O–H groups in total. The molecule has 2 aromatic rings. The van der Waals surface area contributed by atoms with Crippen molar-refractivity contribution >= 4 is 5.90 Å². The first kappa shape index (κ1) is 18.6. The Labute approximate surface area is 166 Å². The number of hydrogen-bond donors (Lipinski definition) is 1. The molecule has 2 fully saturated rings. The minimum atomic E-state index is -2.11. The molecule has 0 amide bonds. The molecular weight excluding hydrogens is 371 g/mol. The molecule has 29 heavy (non-hydrogen) atoms. The van der Waals surface area contributed by atoms with E-state index in [1.165, 1.54) is 18.2 Å². The summed E-state index contributed by atoms with van der Waals surface area (Å²) in [6, 6.07) is 20.0. The molecule has 0 aliphatic carbocycles. The average Bonchev–Trinajstić information content (AvgIpc) is 2.90. The van der Waals surface area contributed by atoms with Gasteiger partial charge >= 0.3 is 0 Å². The molecule has 6 nitrogen and oxygen atoms in total. The Kier molecular flexibility index (Phi) is 3.94. The van der Waals surface area contributed by atoms with Crippen LogP contribution in [0.4, 0.5) is 4.39 Å². The first-order chi connectivity index (χ1) is 13.9. The van der Waals surface area contributed by atoms with Gasteiger partial charge in [0.25, 0.3) is 0 Å². The van der Waals surface area contributed by atoms with Crippen molar-refractivity contribution in [1.29, 1.82) is 21.2 Å². The highest BCUT2D eigenvalue weighted by molar-refractivity contribution is 5.89. The van der Waals surface area contributed by atoms with Crippen molar-refractivity contribution in [3.05, 3.63) is 71.5 Å². The molecule has 7 heteroatoms. The Morgan fingerprint density at radius 2 is 1.69 bits per heavy atom. The fourth-order valence-electron chi connectivity index (χ4n) is 4.51. The van der Waals surface area contributed by atoms with Gasteiger partial charge in [0.05, 0.1) is 24.1 Å². The Bertz CT molecular complexity index is 1120. The monoisotopic (exact) mass is 386 g/mol. The standard InChI is InChI=1S/C22H15FN4O2/c1-14-21(13-26)19(27)29-22(14,16-7-3-2-4-8-16)28-18(20(21,11-24)12-25)15-6-5-9-17(23)10-15/h2-10,14,18,27H,1H3. The fraction of sp³-hybridized carbons (Fsp3) is 0.273. The lowest BCUT2D eigenvalue weighted by molar-refractivity contribution is -0.288. The predicted molar refractivity (Wildman–Crippen MR) is 98.0 cm³/mol. The van der Waals surface area contributed by atoms with E-state index in [1.807, 2.05) is 18.2 Å². The van der Waals surface area contributed by atoms with Crippen LogP contribution in [0.5, 0.6) is 0 Å². The second kappa shape index (κ2) is 6.14. The van der Waals surface area contributed by atoms with Gasteiger partial charge in [-0.2, -0.15) is 15.8 Å². The summed E-state index contributed by atoms with van der Waals surface area (Å²) in [6.45, 7) is 1.63. The summed E-state index contributed by atoms with van der Waals surface area (Å²) in [5, 5.41) is 38.9. The predicted octanol–water partition coefficient (Wildman–Crippen LogP) is 3.94. The third-order valence-corrected chi connectivity index (χ3v) is 6.00. The molecular formula is C22H15FN4O2. The topological polar surface area (TPSA) is 114 Å². The summed E-state index contributed by atoms with van der Waals surface area (Å²) in [7, 11) is 0. The van der Waals surface area contributed by atoms with Crippen LogP contribution in [0.15, 0.2) is 54.6 Å². The number of halogens is 1. The van der Waals surface area contributed by atoms with E-state index in [0.717, 1.165) is 6.07 Å². The summed E-state index contributed by atoms with van der Waals surface area (Å²) in [5.41, 5.74) is -3.25. The Morgan fingerprint density at radius 1 is 1.00 bits per heavy atom. The summed E-state index contributed by atoms with van der Waals surface area (Å²) in [6.07, 6.45) is -1.31. The minimum absolute atomic E-state index is 0.221. The van der Waals surface area contributed by atoms with Gasteiger partial charge in [0, 0.05) is 5.56 Å². The first-order valence-electron chi connectivity index (χ1n) is 8.92. The van der Waals surface area contributed by atoms with Gasteiger partial charge in [0.15, 0.2) is 5.41 Å². The number of nitrogens with zero attached hydrogens (tertiary/aromatic N) is 3. The molecule has 4 atom stereocenters. The van der Waals surface area contributed by atoms with Crippen LogP contribution in [-0.2, 0) is 15.3 Å². The number of ether oxygens (including phenoxy) is 2. The largest absolute Gasteiger partial charge is 0.443 e. The van der Waals surface area contributed by atoms with Crippen molar-refractivity contribution in [2.45, 2.75) is 18.8 Å². The lowest BCUT2D eigenvalue weighted by atomic mass is 9.53. The lowest BCUT2D eigenvalue weighted by Gasteiger charge is -2.48. The molecule has 2 aliphatic rings. The van der Waals surface area contributed by atoms with E-state index < -0.39 is 40.4 Å². The van der Waals surface area contributed by atoms with Gasteiger partial charge in [-0.15, -0.1) is 0 Å². The fourth-order valence-corrected chi connectivity index (χ4v) is 4.51. The quantitative estimate of drug-likeness (QED) is 0.840. The lowest BCUT2D eigenvalue weighted by Crippen LogP contribution is -2.57. The number of fused-ring (bicyclic) bond motifs is 2. The maximum atomic E-state index is 14.0. The minimum Gasteiger partial charge on any atom is -0.443 e. The van der Waals surface area contributed by atoms with Gasteiger partial charge < -0.3 is 9.47 Å². The van der Waals surface area contributed by atoms with Crippen molar-refractivity contribution in [1.82, 2.24) is 0 Å². The van der Waals surface area contributed by atoms with E-state index in [4.69, 9.17) is 14.9 Å². The molecule has 2 heterocycles. The zero-order valence-corrected chi connectivity index (χ0v) is 15.4. The van der Waals surface area contributed by atoms with E-state index >= 15 is 0 Å². The van der Waals surface area contributed by atoms with Gasteiger partial charge in [0.2, 0.25) is 17.1 Å². The van der Waals surface area contributed by atoms with Crippen LogP contribution < -0.4 is 0 Å². The van der Waals surface area contributed by atoms with E-state index in [0.29, 0.717) is 5.56 Å². The molecule has 2 bridgehead atoms. The summed E-state index contributed by atoms with van der Waals surface area (Å²) < 4.78 is 26.1. The molecule has 2 saturated heterocycles. The highest BCUT2D eigenvalue weighted by Crippen LogP contribution is 2.68. The number of nitriles is 3. The van der Waals surface area contributed by atoms with Crippen molar-refractivity contribution in [3.8, 4) is 18.2 Å². The van der Waals surface area contributed by atoms with Crippen LogP contribution >= 0.6 is 0 Å². The SMILES string of the molecule is CC1C2(c3ccccc3)OC(=N)C1(C#N)C(C#N)(C#N)C(c1cccc(F)c1)O2. The number of benzene rings is 2. The Hall–Kier alpha value is -3.73. The van der Waals surface area contributed by atoms with Gasteiger partial charge in [-0.05, 0) is 17.7 Å². The van der Waals surface area contributed by atoms with E-state index in [-0.39, 0.29) is 5.56 Å². The molecule has 0 aromatic heterocycles. The summed E-state index contributed by atoms with van der Waals surface area (Å²) in [5.74, 6) is -3.49. The zero-order chi connectivity index (χ0) is 20.9. The van der Waals surface area contributed by atoms with Crippen molar-refractivity contribution < 1.29 is 13.9 Å². The smallest absolute Gasteiger partial charge is 0.244 e. The van der Waals surface area contributed by atoms with Crippen molar-refractivity contribution in [3.63, 3.8) is 0 Å². The average molecular weight is 386 g/mol. The molecule has 2 aliphatic heterocycles. The number of hydrogen-bond acceptors (Lipinski definition) is 6. The van der Waals surface area contributed by atoms with Crippen molar-refractivity contribution in [2.24, 2.45) is 16.7 Å². The molecule has 0 saturated carbocycles. The molecule has 0 radical (unpaired) electrons. The zero-order valence-electron chi connectivity index (χ0n) is 15.4. The summed E-state index contributed by atoms with van der Waals surface area (Å²) in [4.78, 5) is 0. The van der Waals surface area contributed by atoms with E-state index in [9.17, 15) is 20.2 Å². The normalized spacial score (nSPS) is 31.8. The van der Waals surface area contributed by atoms with Crippen LogP contribution in [-0.4, -0.2) is 5.90 Å². The third-order valence-electron chi connectivity index (χ3n) is 6.00. The Balaban J connectivity index is 2.06. The third kappa shape index (κ3) is 2.07. The van der Waals surface area contributed by atoms with Crippen LogP contribution in [0.1, 0.15) is 24.2 Å². The second-order valence-electron chi connectivity index (χ2n) is 7.19. The van der Waals surface area contributed by atoms with Crippen LogP contribution in [0.25, 0.3) is 0 Å².